The average Bonchev–Trinajstić information content (AvgIpc) is 2.43. The molecule has 1 saturated carbocycles. The quantitative estimate of drug-likeness (QED) is 0.0579. The molecule has 0 bridgehead atoms. The van der Waals surface area contributed by atoms with E-state index in [1.54, 1.807) is 55.6 Å². The Labute approximate surface area is 473 Å². The summed E-state index contributed by atoms with van der Waals surface area (Å²) in [7, 11) is 1.72. The highest BCUT2D eigenvalue weighted by Gasteiger charge is 2.48. The molecule has 0 radical (unpaired) electrons. The molecule has 9 aromatic rings. The monoisotopic (exact) mass is 1070 g/mol. The van der Waals surface area contributed by atoms with Crippen molar-refractivity contribution >= 4 is 28.8 Å². The van der Waals surface area contributed by atoms with Gasteiger partial charge in [-0.25, -0.2) is 18.4 Å². The molecule has 406 valence electrons. The predicted molar refractivity (Wildman–Crippen MR) is 318 cm³/mol. The van der Waals surface area contributed by atoms with Gasteiger partial charge in [0.2, 0.25) is 0 Å². The van der Waals surface area contributed by atoms with Crippen LogP contribution in [0.2, 0.25) is 0 Å². The second-order valence-corrected chi connectivity index (χ2v) is 22.1. The molecule has 81 heavy (non-hydrogen) atoms. The summed E-state index contributed by atoms with van der Waals surface area (Å²) in [5.41, 5.74) is 10.8. The van der Waals surface area contributed by atoms with Crippen molar-refractivity contribution in [2.45, 2.75) is 95.7 Å². The third-order valence-electron chi connectivity index (χ3n) is 17.4. The van der Waals surface area contributed by atoms with Gasteiger partial charge >= 0.3 is 11.9 Å². The van der Waals surface area contributed by atoms with E-state index in [1.165, 1.54) is 81.2 Å². The summed E-state index contributed by atoms with van der Waals surface area (Å²) in [6.45, 7) is 6.27. The molecule has 3 aliphatic rings. The molecule has 2 aliphatic carbocycles. The zero-order valence-electron chi connectivity index (χ0n) is 46.2. The highest BCUT2D eigenvalue weighted by atomic mass is 19.1. The maximum Gasteiger partial charge on any atom is 0.343 e. The Kier molecular flexibility index (Phi) is 14.6. The number of esters is 2. The first-order chi connectivity index (χ1) is 39.5. The van der Waals surface area contributed by atoms with Crippen molar-refractivity contribution < 1.29 is 37.3 Å². The molecular weight excluding hydrogens is 1010 g/mol. The first kappa shape index (κ1) is 53.2. The van der Waals surface area contributed by atoms with Crippen LogP contribution in [-0.2, 0) is 15.9 Å². The van der Waals surface area contributed by atoms with Crippen molar-refractivity contribution in [2.24, 2.45) is 5.92 Å². The van der Waals surface area contributed by atoms with E-state index in [2.05, 4.69) is 56.3 Å². The first-order valence-corrected chi connectivity index (χ1v) is 28.5. The molecule has 1 aliphatic heterocycles. The van der Waals surface area contributed by atoms with Gasteiger partial charge in [0.05, 0.1) is 11.1 Å². The maximum absolute atomic E-state index is 14.5. The Balaban J connectivity index is 0.761. The third kappa shape index (κ3) is 9.94. The Bertz CT molecular complexity index is 3770. The zero-order valence-corrected chi connectivity index (χ0v) is 46.2. The molecule has 12 rings (SSSR count). The largest absolute Gasteiger partial charge is 0.472 e. The summed E-state index contributed by atoms with van der Waals surface area (Å²) in [5, 5.41) is 1.56. The molecule has 9 aromatic carbocycles. The average molecular weight is 1080 g/mol. The molecule has 1 fully saturated rings. The number of carbonyl (C=O) groups excluding carboxylic acids is 2. The number of benzene rings is 9. The molecule has 1 unspecified atom stereocenters. The standard InChI is InChI=1S/C73H64F2O6/c1-5-7-8-11-47-14-16-48(17-15-47)49-18-20-50(21-19-49)51-22-26-54(27-23-51)70(76)79-60-40-30-53(31-41-60)52-24-28-55(29-25-52)71(77)80-66-45-63-64(44-46(66)3)69-62(68-67(63)61-12-9-10-13-65(61)72(68,6-2)78-4)42-43-73(81-69,56-32-36-58(74)37-33-56)57-34-38-59(75)39-35-57/h9-10,12-13,18-45,47-48H,5-8,11,14-17H2,1-4H3. The lowest BCUT2D eigenvalue weighted by Crippen LogP contribution is -2.35. The predicted octanol–water partition coefficient (Wildman–Crippen LogP) is 18.7. The summed E-state index contributed by atoms with van der Waals surface area (Å²) in [6, 6.07) is 55.5. The number of unbranched alkanes of at least 4 members (excludes halogenated alkanes) is 2. The first-order valence-electron chi connectivity index (χ1n) is 28.5. The molecule has 0 saturated heterocycles. The van der Waals surface area contributed by atoms with E-state index >= 15 is 0 Å². The number of hydrogen-bond donors (Lipinski definition) is 0. The third-order valence-corrected chi connectivity index (χ3v) is 17.4. The molecule has 0 aromatic heterocycles. The van der Waals surface area contributed by atoms with Crippen molar-refractivity contribution in [1.82, 2.24) is 0 Å². The topological polar surface area (TPSA) is 71.1 Å². The fourth-order valence-electron chi connectivity index (χ4n) is 12.9. The summed E-state index contributed by atoms with van der Waals surface area (Å²) < 4.78 is 55.0. The van der Waals surface area contributed by atoms with Crippen LogP contribution in [0.5, 0.6) is 17.2 Å². The number of ether oxygens (including phenoxy) is 4. The number of halogens is 2. The van der Waals surface area contributed by atoms with Gasteiger partial charge in [-0.2, -0.15) is 0 Å². The van der Waals surface area contributed by atoms with E-state index in [1.807, 2.05) is 85.8 Å². The molecule has 8 heteroatoms. The minimum Gasteiger partial charge on any atom is -0.472 e. The second kappa shape index (κ2) is 22.2. The van der Waals surface area contributed by atoms with Crippen LogP contribution < -0.4 is 14.2 Å². The van der Waals surface area contributed by atoms with Crippen molar-refractivity contribution in [3.05, 3.63) is 250 Å². The Hall–Kier alpha value is -8.46. The minimum absolute atomic E-state index is 0.361. The number of rotatable bonds is 15. The fourth-order valence-corrected chi connectivity index (χ4v) is 12.9. The second-order valence-electron chi connectivity index (χ2n) is 22.1. The van der Waals surface area contributed by atoms with Gasteiger partial charge in [-0.1, -0.05) is 155 Å². The van der Waals surface area contributed by atoms with E-state index in [-0.39, 0.29) is 0 Å². The van der Waals surface area contributed by atoms with Crippen LogP contribution in [0, 0.1) is 24.5 Å². The molecule has 0 amide bonds. The van der Waals surface area contributed by atoms with Crippen LogP contribution in [0.3, 0.4) is 0 Å². The van der Waals surface area contributed by atoms with Crippen molar-refractivity contribution in [3.8, 4) is 50.6 Å². The van der Waals surface area contributed by atoms with Crippen LogP contribution in [0.25, 0.3) is 50.2 Å². The van der Waals surface area contributed by atoms with Crippen LogP contribution in [0.15, 0.2) is 188 Å². The lowest BCUT2D eigenvalue weighted by atomic mass is 9.77. The van der Waals surface area contributed by atoms with Gasteiger partial charge < -0.3 is 18.9 Å². The SMILES string of the molecule is CCCCCC1CCC(c2ccc(-c3ccc(C(=O)Oc4ccc(-c5ccc(C(=O)Oc6cc7c8c(c9c(c7cc6C)OC(c6ccc(F)cc6)(c6ccc(F)cc6)C=C9)C(CC)(OC)c6ccccc6-8)cc5)cc4)cc3)cc2)CC1. The highest BCUT2D eigenvalue weighted by molar-refractivity contribution is 6.09. The number of carbonyl (C=O) groups is 2. The van der Waals surface area contributed by atoms with Crippen LogP contribution in [0.4, 0.5) is 8.78 Å². The van der Waals surface area contributed by atoms with E-state index < -0.39 is 34.8 Å². The van der Waals surface area contributed by atoms with Crippen molar-refractivity contribution in [2.75, 3.05) is 7.11 Å². The Morgan fingerprint density at radius 1 is 0.617 bits per heavy atom. The van der Waals surface area contributed by atoms with Crippen LogP contribution in [0.1, 0.15) is 137 Å². The smallest absolute Gasteiger partial charge is 0.343 e. The number of hydrogen-bond acceptors (Lipinski definition) is 6. The van der Waals surface area contributed by atoms with E-state index in [0.29, 0.717) is 57.4 Å². The highest BCUT2D eigenvalue weighted by Crippen LogP contribution is 2.60. The fraction of sp³-hybridized carbons (Fsp3) is 0.233. The van der Waals surface area contributed by atoms with Crippen molar-refractivity contribution in [3.63, 3.8) is 0 Å². The summed E-state index contributed by atoms with van der Waals surface area (Å²) in [5.74, 6) is 1.15. The summed E-state index contributed by atoms with van der Waals surface area (Å²) in [4.78, 5) is 27.4. The van der Waals surface area contributed by atoms with Gasteiger partial charge in [0.1, 0.15) is 34.5 Å². The molecule has 1 heterocycles. The van der Waals surface area contributed by atoms with Gasteiger partial charge in [-0.15, -0.1) is 0 Å². The van der Waals surface area contributed by atoms with Gasteiger partial charge in [-0.05, 0) is 185 Å². The molecule has 0 N–H and O–H groups in total. The van der Waals surface area contributed by atoms with E-state index in [4.69, 9.17) is 18.9 Å². The van der Waals surface area contributed by atoms with Gasteiger partial charge in [0.25, 0.3) is 0 Å². The van der Waals surface area contributed by atoms with Crippen LogP contribution >= 0.6 is 0 Å². The summed E-state index contributed by atoms with van der Waals surface area (Å²) >= 11 is 0. The normalized spacial score (nSPS) is 17.7. The lowest BCUT2D eigenvalue weighted by molar-refractivity contribution is 0.0219. The Morgan fingerprint density at radius 3 is 1.74 bits per heavy atom. The van der Waals surface area contributed by atoms with E-state index in [9.17, 15) is 18.4 Å². The maximum atomic E-state index is 14.5. The molecule has 0 spiro atoms. The van der Waals surface area contributed by atoms with Crippen molar-refractivity contribution in [1.29, 1.82) is 0 Å². The lowest BCUT2D eigenvalue weighted by Gasteiger charge is -2.39. The van der Waals surface area contributed by atoms with Gasteiger partial charge in [0, 0.05) is 34.7 Å². The van der Waals surface area contributed by atoms with E-state index in [0.717, 1.165) is 66.8 Å². The molecular formula is C73H64F2O6. The minimum atomic E-state index is -1.27. The van der Waals surface area contributed by atoms with Gasteiger partial charge in [0.15, 0.2) is 5.60 Å². The van der Waals surface area contributed by atoms with Crippen LogP contribution in [-0.4, -0.2) is 19.0 Å². The van der Waals surface area contributed by atoms with Gasteiger partial charge in [-0.3, -0.25) is 0 Å². The molecule has 1 atom stereocenters. The zero-order chi connectivity index (χ0) is 55.8. The molecule has 6 nitrogen and oxygen atoms in total. The number of fused-ring (bicyclic) bond motifs is 8. The Morgan fingerprint density at radius 2 is 1.17 bits per heavy atom. The number of methoxy groups -OCH3 is 1. The number of aryl methyl sites for hydroxylation is 1. The summed E-state index contributed by atoms with van der Waals surface area (Å²) in [6.07, 6.45) is 15.2.